The monoisotopic (exact) mass is 223 g/mol. The number of ether oxygens (including phenoxy) is 1. The Morgan fingerprint density at radius 3 is 3.06 bits per heavy atom. The Bertz CT molecular complexity index is 348. The predicted octanol–water partition coefficient (Wildman–Crippen LogP) is 1.19. The SMILES string of the molecule is OC(c1cn[nH]n1)C1CCOC2(CCC2)C1. The number of hydrogen-bond acceptors (Lipinski definition) is 4. The van der Waals surface area contributed by atoms with Gasteiger partial charge in [-0.3, -0.25) is 0 Å². The summed E-state index contributed by atoms with van der Waals surface area (Å²) in [5.41, 5.74) is 0.731. The molecule has 1 aliphatic carbocycles. The van der Waals surface area contributed by atoms with E-state index in [2.05, 4.69) is 15.4 Å². The van der Waals surface area contributed by atoms with E-state index in [0.29, 0.717) is 5.69 Å². The second kappa shape index (κ2) is 3.82. The highest BCUT2D eigenvalue weighted by Gasteiger charge is 2.44. The fourth-order valence-corrected chi connectivity index (χ4v) is 2.85. The molecule has 3 rings (SSSR count). The van der Waals surface area contributed by atoms with Gasteiger partial charge in [-0.1, -0.05) is 0 Å². The molecule has 0 bridgehead atoms. The van der Waals surface area contributed by atoms with Crippen molar-refractivity contribution in [3.8, 4) is 0 Å². The summed E-state index contributed by atoms with van der Waals surface area (Å²) in [6.07, 6.45) is 6.53. The molecule has 2 N–H and O–H groups in total. The molecule has 88 valence electrons. The van der Waals surface area contributed by atoms with E-state index in [9.17, 15) is 5.11 Å². The first-order valence-electron chi connectivity index (χ1n) is 5.97. The van der Waals surface area contributed by atoms with Crippen LogP contribution in [0, 0.1) is 5.92 Å². The number of H-pyrrole nitrogens is 1. The maximum atomic E-state index is 10.2. The molecule has 1 aromatic heterocycles. The lowest BCUT2D eigenvalue weighted by Gasteiger charge is -2.47. The van der Waals surface area contributed by atoms with Crippen molar-refractivity contribution in [3.63, 3.8) is 0 Å². The van der Waals surface area contributed by atoms with Gasteiger partial charge < -0.3 is 9.84 Å². The molecule has 1 saturated heterocycles. The summed E-state index contributed by atoms with van der Waals surface area (Å²) in [6, 6.07) is 0. The van der Waals surface area contributed by atoms with E-state index in [1.54, 1.807) is 6.20 Å². The number of rotatable bonds is 2. The van der Waals surface area contributed by atoms with E-state index >= 15 is 0 Å². The Kier molecular flexibility index (Phi) is 2.44. The van der Waals surface area contributed by atoms with E-state index in [-0.39, 0.29) is 11.5 Å². The Hall–Kier alpha value is -0.940. The van der Waals surface area contributed by atoms with Crippen LogP contribution < -0.4 is 0 Å². The molecule has 2 atom stereocenters. The molecule has 2 aliphatic rings. The minimum absolute atomic E-state index is 0.0770. The summed E-state index contributed by atoms with van der Waals surface area (Å²) in [6.45, 7) is 0.763. The standard InChI is InChI=1S/C11H17N3O2/c15-10(9-7-12-14-13-9)8-2-5-16-11(6-8)3-1-4-11/h7-8,10,15H,1-6H2,(H,12,13,14). The Morgan fingerprint density at radius 2 is 2.44 bits per heavy atom. The number of nitrogens with one attached hydrogen (secondary N) is 1. The number of aromatic amines is 1. The molecule has 2 fully saturated rings. The number of hydrogen-bond donors (Lipinski definition) is 2. The van der Waals surface area contributed by atoms with Crippen LogP contribution in [0.3, 0.4) is 0 Å². The molecule has 5 nitrogen and oxygen atoms in total. The van der Waals surface area contributed by atoms with Crippen LogP contribution in [0.2, 0.25) is 0 Å². The maximum absolute atomic E-state index is 10.2. The molecule has 1 saturated carbocycles. The molecule has 1 spiro atoms. The van der Waals surface area contributed by atoms with Crippen molar-refractivity contribution in [1.29, 1.82) is 0 Å². The molecule has 0 amide bonds. The zero-order valence-corrected chi connectivity index (χ0v) is 9.22. The quantitative estimate of drug-likeness (QED) is 0.790. The fraction of sp³-hybridized carbons (Fsp3) is 0.818. The molecule has 0 radical (unpaired) electrons. The summed E-state index contributed by atoms with van der Waals surface area (Å²) in [7, 11) is 0. The predicted molar refractivity (Wildman–Crippen MR) is 56.6 cm³/mol. The smallest absolute Gasteiger partial charge is 0.111 e. The van der Waals surface area contributed by atoms with Crippen LogP contribution in [0.4, 0.5) is 0 Å². The molecule has 16 heavy (non-hydrogen) atoms. The van der Waals surface area contributed by atoms with Gasteiger partial charge in [-0.2, -0.15) is 15.4 Å². The van der Waals surface area contributed by atoms with Gasteiger partial charge in [0.15, 0.2) is 0 Å². The zero-order valence-electron chi connectivity index (χ0n) is 9.22. The lowest BCUT2D eigenvalue weighted by atomic mass is 9.70. The van der Waals surface area contributed by atoms with Crippen LogP contribution in [0.5, 0.6) is 0 Å². The zero-order chi connectivity index (χ0) is 11.0. The Balaban J connectivity index is 1.70. The lowest BCUT2D eigenvalue weighted by Crippen LogP contribution is -2.46. The van der Waals surface area contributed by atoms with Crippen molar-refractivity contribution in [2.45, 2.75) is 43.8 Å². The molecule has 2 unspecified atom stereocenters. The summed E-state index contributed by atoms with van der Waals surface area (Å²) in [4.78, 5) is 0. The van der Waals surface area contributed by atoms with Crippen LogP contribution >= 0.6 is 0 Å². The van der Waals surface area contributed by atoms with Crippen LogP contribution in [-0.4, -0.2) is 32.7 Å². The number of nitrogens with zero attached hydrogens (tertiary/aromatic N) is 2. The normalized spacial score (nSPS) is 29.9. The average molecular weight is 223 g/mol. The first-order valence-corrected chi connectivity index (χ1v) is 5.97. The van der Waals surface area contributed by atoms with Gasteiger partial charge >= 0.3 is 0 Å². The van der Waals surface area contributed by atoms with E-state index in [1.165, 1.54) is 6.42 Å². The third-order valence-electron chi connectivity index (χ3n) is 3.98. The average Bonchev–Trinajstić information content (AvgIpc) is 2.79. The van der Waals surface area contributed by atoms with E-state index in [0.717, 1.165) is 32.3 Å². The molecule has 1 aliphatic heterocycles. The highest BCUT2D eigenvalue weighted by molar-refractivity contribution is 5.02. The van der Waals surface area contributed by atoms with E-state index < -0.39 is 6.10 Å². The topological polar surface area (TPSA) is 71.0 Å². The van der Waals surface area contributed by atoms with Crippen molar-refractivity contribution in [2.75, 3.05) is 6.61 Å². The van der Waals surface area contributed by atoms with Crippen molar-refractivity contribution in [2.24, 2.45) is 5.92 Å². The molecule has 5 heteroatoms. The second-order valence-electron chi connectivity index (χ2n) is 4.98. The third-order valence-corrected chi connectivity index (χ3v) is 3.98. The minimum Gasteiger partial charge on any atom is -0.386 e. The molecule has 0 aromatic carbocycles. The Morgan fingerprint density at radius 1 is 1.56 bits per heavy atom. The van der Waals surface area contributed by atoms with Gasteiger partial charge in [-0.15, -0.1) is 0 Å². The van der Waals surface area contributed by atoms with Gasteiger partial charge in [0.1, 0.15) is 11.8 Å². The van der Waals surface area contributed by atoms with Crippen molar-refractivity contribution < 1.29 is 9.84 Å². The van der Waals surface area contributed by atoms with Crippen molar-refractivity contribution in [3.05, 3.63) is 11.9 Å². The first kappa shape index (κ1) is 10.2. The highest BCUT2D eigenvalue weighted by Crippen LogP contribution is 2.46. The second-order valence-corrected chi connectivity index (χ2v) is 4.98. The van der Waals surface area contributed by atoms with Crippen LogP contribution in [0.15, 0.2) is 6.20 Å². The van der Waals surface area contributed by atoms with Crippen LogP contribution in [0.25, 0.3) is 0 Å². The molecular weight excluding hydrogens is 206 g/mol. The van der Waals surface area contributed by atoms with Crippen LogP contribution in [0.1, 0.15) is 43.9 Å². The van der Waals surface area contributed by atoms with Gasteiger partial charge in [0.25, 0.3) is 0 Å². The van der Waals surface area contributed by atoms with E-state index in [1.807, 2.05) is 0 Å². The summed E-state index contributed by atoms with van der Waals surface area (Å²) in [5, 5.41) is 20.5. The van der Waals surface area contributed by atoms with Gasteiger partial charge in [0, 0.05) is 6.61 Å². The highest BCUT2D eigenvalue weighted by atomic mass is 16.5. The lowest BCUT2D eigenvalue weighted by molar-refractivity contribution is -0.157. The largest absolute Gasteiger partial charge is 0.386 e. The van der Waals surface area contributed by atoms with Crippen molar-refractivity contribution >= 4 is 0 Å². The summed E-state index contributed by atoms with van der Waals surface area (Å²) in [5.74, 6) is 0.263. The maximum Gasteiger partial charge on any atom is 0.111 e. The fourth-order valence-electron chi connectivity index (χ4n) is 2.85. The van der Waals surface area contributed by atoms with Crippen LogP contribution in [-0.2, 0) is 4.74 Å². The molecular formula is C11H17N3O2. The molecule has 2 heterocycles. The Labute approximate surface area is 94.2 Å². The van der Waals surface area contributed by atoms with Gasteiger partial charge in [0.05, 0.1) is 11.8 Å². The number of aliphatic hydroxyl groups excluding tert-OH is 1. The number of aliphatic hydroxyl groups is 1. The summed E-state index contributed by atoms with van der Waals surface area (Å²) >= 11 is 0. The first-order chi connectivity index (χ1) is 7.79. The van der Waals surface area contributed by atoms with Crippen molar-refractivity contribution in [1.82, 2.24) is 15.4 Å². The van der Waals surface area contributed by atoms with Gasteiger partial charge in [-0.25, -0.2) is 0 Å². The van der Waals surface area contributed by atoms with E-state index in [4.69, 9.17) is 4.74 Å². The summed E-state index contributed by atoms with van der Waals surface area (Å²) < 4.78 is 5.84. The third kappa shape index (κ3) is 1.64. The minimum atomic E-state index is -0.500. The number of aromatic nitrogens is 3. The molecule has 1 aromatic rings. The van der Waals surface area contributed by atoms with Gasteiger partial charge in [-0.05, 0) is 38.0 Å². The van der Waals surface area contributed by atoms with Gasteiger partial charge in [0.2, 0.25) is 0 Å².